The monoisotopic (exact) mass is 235 g/mol. The Balaban J connectivity index is 2.21. The van der Waals surface area contributed by atoms with E-state index in [0.717, 1.165) is 12.0 Å². The van der Waals surface area contributed by atoms with Crippen LogP contribution in [0.1, 0.15) is 51.1 Å². The second-order valence-corrected chi connectivity index (χ2v) is 5.92. The molecule has 2 heteroatoms. The Hall–Kier alpha value is -0.890. The number of rotatable bonds is 2. The largest absolute Gasteiger partial charge is 0.324 e. The van der Waals surface area contributed by atoms with E-state index in [9.17, 15) is 4.39 Å². The van der Waals surface area contributed by atoms with Crippen LogP contribution in [0.5, 0.6) is 0 Å². The first-order valence-corrected chi connectivity index (χ1v) is 6.52. The molecule has 1 aliphatic rings. The van der Waals surface area contributed by atoms with E-state index in [2.05, 4.69) is 13.8 Å². The van der Waals surface area contributed by atoms with Gasteiger partial charge in [0.2, 0.25) is 0 Å². The summed E-state index contributed by atoms with van der Waals surface area (Å²) in [5, 5.41) is 0. The molecule has 0 bridgehead atoms. The third kappa shape index (κ3) is 2.68. The Morgan fingerprint density at radius 3 is 2.76 bits per heavy atom. The number of halogens is 1. The van der Waals surface area contributed by atoms with Crippen molar-refractivity contribution in [3.05, 3.63) is 35.6 Å². The van der Waals surface area contributed by atoms with Gasteiger partial charge in [0, 0.05) is 6.04 Å². The molecular formula is C15H22FN. The van der Waals surface area contributed by atoms with E-state index < -0.39 is 0 Å². The Morgan fingerprint density at radius 1 is 1.35 bits per heavy atom. The van der Waals surface area contributed by atoms with E-state index >= 15 is 0 Å². The predicted octanol–water partition coefficient (Wildman–Crippen LogP) is 4.04. The van der Waals surface area contributed by atoms with Gasteiger partial charge >= 0.3 is 0 Å². The van der Waals surface area contributed by atoms with Crippen LogP contribution in [0, 0.1) is 17.2 Å². The fourth-order valence-corrected chi connectivity index (χ4v) is 3.13. The van der Waals surface area contributed by atoms with Gasteiger partial charge in [0.1, 0.15) is 5.82 Å². The maximum atomic E-state index is 13.2. The third-order valence-corrected chi connectivity index (χ3v) is 4.26. The van der Waals surface area contributed by atoms with Crippen molar-refractivity contribution < 1.29 is 4.39 Å². The second kappa shape index (κ2) is 4.77. The van der Waals surface area contributed by atoms with Gasteiger partial charge in [0.05, 0.1) is 0 Å². The Morgan fingerprint density at radius 2 is 2.12 bits per heavy atom. The molecule has 2 rings (SSSR count). The van der Waals surface area contributed by atoms with Gasteiger partial charge in [0.25, 0.3) is 0 Å². The fourth-order valence-electron chi connectivity index (χ4n) is 3.13. The zero-order valence-corrected chi connectivity index (χ0v) is 10.7. The second-order valence-electron chi connectivity index (χ2n) is 5.92. The Bertz CT molecular complexity index is 386. The standard InChI is InChI=1S/C15H22FN/c1-15(2)9-4-3-8-13(15)14(17)11-6-5-7-12(16)10-11/h5-7,10,13-14H,3-4,8-9,17H2,1-2H3. The van der Waals surface area contributed by atoms with Crippen LogP contribution < -0.4 is 5.73 Å². The third-order valence-electron chi connectivity index (χ3n) is 4.26. The summed E-state index contributed by atoms with van der Waals surface area (Å²) in [4.78, 5) is 0. The summed E-state index contributed by atoms with van der Waals surface area (Å²) in [6.45, 7) is 4.58. The van der Waals surface area contributed by atoms with Crippen LogP contribution in [-0.4, -0.2) is 0 Å². The zero-order valence-electron chi connectivity index (χ0n) is 10.7. The van der Waals surface area contributed by atoms with Gasteiger partial charge in [-0.15, -0.1) is 0 Å². The molecule has 0 radical (unpaired) electrons. The maximum Gasteiger partial charge on any atom is 0.123 e. The molecule has 1 aromatic rings. The van der Waals surface area contributed by atoms with Gasteiger partial charge in [-0.25, -0.2) is 4.39 Å². The molecular weight excluding hydrogens is 213 g/mol. The molecule has 0 aromatic heterocycles. The summed E-state index contributed by atoms with van der Waals surface area (Å²) in [6.07, 6.45) is 4.92. The van der Waals surface area contributed by atoms with Crippen LogP contribution in [0.25, 0.3) is 0 Å². The van der Waals surface area contributed by atoms with Crippen LogP contribution in [0.4, 0.5) is 4.39 Å². The molecule has 0 saturated heterocycles. The van der Waals surface area contributed by atoms with Crippen molar-refractivity contribution in [1.82, 2.24) is 0 Å². The molecule has 2 unspecified atom stereocenters. The van der Waals surface area contributed by atoms with Crippen LogP contribution in [0.15, 0.2) is 24.3 Å². The minimum atomic E-state index is -0.188. The van der Waals surface area contributed by atoms with E-state index in [-0.39, 0.29) is 17.3 Å². The highest BCUT2D eigenvalue weighted by molar-refractivity contribution is 5.21. The molecule has 17 heavy (non-hydrogen) atoms. The average Bonchev–Trinajstić information content (AvgIpc) is 2.27. The van der Waals surface area contributed by atoms with Crippen molar-refractivity contribution in [2.75, 3.05) is 0 Å². The van der Waals surface area contributed by atoms with Gasteiger partial charge in [-0.05, 0) is 41.9 Å². The molecule has 0 spiro atoms. The first-order valence-electron chi connectivity index (χ1n) is 6.52. The highest BCUT2D eigenvalue weighted by Crippen LogP contribution is 2.45. The van der Waals surface area contributed by atoms with Crippen LogP contribution in [0.2, 0.25) is 0 Å². The molecule has 1 aliphatic carbocycles. The highest BCUT2D eigenvalue weighted by Gasteiger charge is 2.36. The molecule has 0 amide bonds. The first kappa shape index (κ1) is 12.6. The average molecular weight is 235 g/mol. The van der Waals surface area contributed by atoms with Crippen molar-refractivity contribution in [3.63, 3.8) is 0 Å². The SMILES string of the molecule is CC1(C)CCCCC1C(N)c1cccc(F)c1. The maximum absolute atomic E-state index is 13.2. The summed E-state index contributed by atoms with van der Waals surface area (Å²) >= 11 is 0. The predicted molar refractivity (Wildman–Crippen MR) is 69.1 cm³/mol. The van der Waals surface area contributed by atoms with Gasteiger partial charge in [-0.2, -0.15) is 0 Å². The molecule has 2 N–H and O–H groups in total. The zero-order chi connectivity index (χ0) is 12.5. The van der Waals surface area contributed by atoms with Crippen molar-refractivity contribution in [2.24, 2.45) is 17.1 Å². The fraction of sp³-hybridized carbons (Fsp3) is 0.600. The number of hydrogen-bond donors (Lipinski definition) is 1. The quantitative estimate of drug-likeness (QED) is 0.822. The van der Waals surface area contributed by atoms with Crippen molar-refractivity contribution in [2.45, 2.75) is 45.6 Å². The Kier molecular flexibility index (Phi) is 3.53. The van der Waals surface area contributed by atoms with Gasteiger partial charge in [-0.1, -0.05) is 38.8 Å². The van der Waals surface area contributed by atoms with Crippen molar-refractivity contribution in [1.29, 1.82) is 0 Å². The molecule has 0 heterocycles. The highest BCUT2D eigenvalue weighted by atomic mass is 19.1. The van der Waals surface area contributed by atoms with Crippen LogP contribution in [0.3, 0.4) is 0 Å². The van der Waals surface area contributed by atoms with E-state index in [0.29, 0.717) is 5.92 Å². The number of hydrogen-bond acceptors (Lipinski definition) is 1. The minimum Gasteiger partial charge on any atom is -0.324 e. The molecule has 1 aromatic carbocycles. The van der Waals surface area contributed by atoms with Crippen LogP contribution in [-0.2, 0) is 0 Å². The van der Waals surface area contributed by atoms with E-state index in [1.54, 1.807) is 12.1 Å². The smallest absolute Gasteiger partial charge is 0.123 e. The van der Waals surface area contributed by atoms with Crippen molar-refractivity contribution >= 4 is 0 Å². The van der Waals surface area contributed by atoms with Gasteiger partial charge in [0.15, 0.2) is 0 Å². The van der Waals surface area contributed by atoms with E-state index in [4.69, 9.17) is 5.73 Å². The van der Waals surface area contributed by atoms with E-state index in [1.165, 1.54) is 25.3 Å². The lowest BCUT2D eigenvalue weighted by atomic mass is 9.65. The molecule has 0 aliphatic heterocycles. The summed E-state index contributed by atoms with van der Waals surface area (Å²) in [5.74, 6) is 0.268. The lowest BCUT2D eigenvalue weighted by Crippen LogP contribution is -2.36. The van der Waals surface area contributed by atoms with Crippen LogP contribution >= 0.6 is 0 Å². The summed E-state index contributed by atoms with van der Waals surface area (Å²) < 4.78 is 13.2. The lowest BCUT2D eigenvalue weighted by molar-refractivity contribution is 0.112. The summed E-state index contributed by atoms with van der Waals surface area (Å²) in [7, 11) is 0. The minimum absolute atomic E-state index is 0.0407. The normalized spacial score (nSPS) is 25.5. The van der Waals surface area contributed by atoms with Gasteiger partial charge in [-0.3, -0.25) is 0 Å². The number of nitrogens with two attached hydrogens (primary N) is 1. The Labute approximate surface area is 103 Å². The molecule has 2 atom stereocenters. The molecule has 1 fully saturated rings. The van der Waals surface area contributed by atoms with E-state index in [1.807, 2.05) is 6.07 Å². The summed E-state index contributed by atoms with van der Waals surface area (Å²) in [5.41, 5.74) is 7.55. The summed E-state index contributed by atoms with van der Waals surface area (Å²) in [6, 6.07) is 6.71. The molecule has 1 saturated carbocycles. The lowest BCUT2D eigenvalue weighted by Gasteiger charge is -2.42. The topological polar surface area (TPSA) is 26.0 Å². The number of benzene rings is 1. The molecule has 94 valence electrons. The van der Waals surface area contributed by atoms with Crippen molar-refractivity contribution in [3.8, 4) is 0 Å². The molecule has 1 nitrogen and oxygen atoms in total. The van der Waals surface area contributed by atoms with Gasteiger partial charge < -0.3 is 5.73 Å². The first-order chi connectivity index (χ1) is 8.00.